The van der Waals surface area contributed by atoms with Crippen LogP contribution >= 0.6 is 0 Å². The van der Waals surface area contributed by atoms with E-state index >= 15 is 0 Å². The van der Waals surface area contributed by atoms with E-state index in [1.54, 1.807) is 0 Å². The van der Waals surface area contributed by atoms with E-state index in [-0.39, 0.29) is 5.56 Å². The summed E-state index contributed by atoms with van der Waals surface area (Å²) in [5.74, 6) is -2.17. The van der Waals surface area contributed by atoms with E-state index in [2.05, 4.69) is 22.3 Å². The van der Waals surface area contributed by atoms with Gasteiger partial charge < -0.3 is 15.2 Å². The number of alkyl halides is 3. The Labute approximate surface area is 163 Å². The van der Waals surface area contributed by atoms with Crippen LogP contribution in [-0.4, -0.2) is 51.1 Å². The van der Waals surface area contributed by atoms with Gasteiger partial charge in [0.15, 0.2) is 5.65 Å². The maximum absolute atomic E-state index is 12.0. The van der Waals surface area contributed by atoms with Crippen LogP contribution in [-0.2, 0) is 16.1 Å². The quantitative estimate of drug-likeness (QED) is 0.688. The van der Waals surface area contributed by atoms with Crippen molar-refractivity contribution in [1.29, 1.82) is 5.26 Å². The van der Waals surface area contributed by atoms with Gasteiger partial charge in [0.1, 0.15) is 11.6 Å². The van der Waals surface area contributed by atoms with Crippen LogP contribution in [0.1, 0.15) is 31.0 Å². The van der Waals surface area contributed by atoms with Crippen molar-refractivity contribution in [1.82, 2.24) is 19.9 Å². The van der Waals surface area contributed by atoms with Gasteiger partial charge in [0.2, 0.25) is 0 Å². The number of nitriles is 1. The number of nitrogens with one attached hydrogen (secondary N) is 2. The number of halogens is 3. The topological polar surface area (TPSA) is 133 Å². The van der Waals surface area contributed by atoms with Crippen LogP contribution in [0, 0.1) is 17.2 Å². The summed E-state index contributed by atoms with van der Waals surface area (Å²) >= 11 is 0. The van der Waals surface area contributed by atoms with Gasteiger partial charge in [-0.3, -0.25) is 9.89 Å². The van der Waals surface area contributed by atoms with Crippen molar-refractivity contribution < 1.29 is 27.8 Å². The number of carboxylic acids is 1. The number of H-pyrrole nitrogens is 1. The first-order chi connectivity index (χ1) is 13.6. The van der Waals surface area contributed by atoms with Crippen molar-refractivity contribution in [2.45, 2.75) is 38.5 Å². The smallest absolute Gasteiger partial charge is 0.475 e. The highest BCUT2D eigenvalue weighted by atomic mass is 19.4. The molecule has 3 rings (SSSR count). The lowest BCUT2D eigenvalue weighted by Gasteiger charge is -2.28. The summed E-state index contributed by atoms with van der Waals surface area (Å²) in [6.45, 7) is 4.30. The summed E-state index contributed by atoms with van der Waals surface area (Å²) in [5, 5.41) is 22.3. The first-order valence-electron chi connectivity index (χ1n) is 8.75. The Morgan fingerprint density at radius 1 is 1.52 bits per heavy atom. The van der Waals surface area contributed by atoms with E-state index in [9.17, 15) is 18.0 Å². The third-order valence-corrected chi connectivity index (χ3v) is 4.49. The Balaban J connectivity index is 0.000000370. The van der Waals surface area contributed by atoms with Gasteiger partial charge in [-0.05, 0) is 25.7 Å². The Morgan fingerprint density at radius 3 is 2.69 bits per heavy atom. The van der Waals surface area contributed by atoms with Crippen molar-refractivity contribution >= 4 is 11.6 Å². The van der Waals surface area contributed by atoms with Crippen LogP contribution in [0.3, 0.4) is 0 Å². The molecule has 9 nitrogen and oxygen atoms in total. The van der Waals surface area contributed by atoms with Gasteiger partial charge in [0.05, 0.1) is 5.69 Å². The summed E-state index contributed by atoms with van der Waals surface area (Å²) in [5.41, 5.74) is 1.20. The largest absolute Gasteiger partial charge is 0.490 e. The molecule has 1 fully saturated rings. The van der Waals surface area contributed by atoms with Crippen molar-refractivity contribution in [2.75, 3.05) is 13.2 Å². The molecular weight excluding hydrogens is 395 g/mol. The summed E-state index contributed by atoms with van der Waals surface area (Å²) < 4.78 is 38.4. The molecule has 0 radical (unpaired) electrons. The molecule has 3 N–H and O–H groups in total. The third-order valence-electron chi connectivity index (χ3n) is 4.49. The molecule has 0 aromatic carbocycles. The molecule has 1 saturated heterocycles. The number of carbonyl (C=O) groups is 1. The van der Waals surface area contributed by atoms with E-state index in [0.29, 0.717) is 35.4 Å². The zero-order valence-corrected chi connectivity index (χ0v) is 15.5. The molecule has 1 unspecified atom stereocenters. The maximum Gasteiger partial charge on any atom is 0.490 e. The number of hydrogen-bond acceptors (Lipinski definition) is 6. The van der Waals surface area contributed by atoms with Gasteiger partial charge in [0, 0.05) is 38.1 Å². The molecule has 0 spiro atoms. The molecule has 1 atom stereocenters. The lowest BCUT2D eigenvalue weighted by Crippen LogP contribution is -2.36. The second kappa shape index (κ2) is 9.53. The van der Waals surface area contributed by atoms with E-state index < -0.39 is 12.1 Å². The Bertz CT molecular complexity index is 941. The normalized spacial score (nSPS) is 16.0. The number of aromatic amines is 1. The Kier molecular flexibility index (Phi) is 7.35. The third kappa shape index (κ3) is 6.03. The minimum atomic E-state index is -5.08. The molecule has 2 aromatic rings. The molecule has 0 bridgehead atoms. The molecule has 0 aliphatic carbocycles. The van der Waals surface area contributed by atoms with Crippen molar-refractivity contribution in [2.24, 2.45) is 5.92 Å². The fraction of sp³-hybridized carbons (Fsp3) is 0.529. The van der Waals surface area contributed by atoms with E-state index in [1.807, 2.05) is 6.07 Å². The number of hydrogen-bond donors (Lipinski definition) is 3. The average Bonchev–Trinajstić information content (AvgIpc) is 3.10. The standard InChI is InChI=1S/C15H19N5O2.C2HF3O2/c1-10(11-2-4-22-5-3-11)17-9-13-6-14(21)20-15(19-13)12(7-16)8-18-20;3-2(4,5)1(6)7/h6,8,10-11,17-18H,2-5,9H2,1H3;(H,6,7). The van der Waals surface area contributed by atoms with Gasteiger partial charge in [0.25, 0.3) is 5.56 Å². The van der Waals surface area contributed by atoms with E-state index in [0.717, 1.165) is 26.1 Å². The molecule has 12 heteroatoms. The summed E-state index contributed by atoms with van der Waals surface area (Å²) in [7, 11) is 0. The van der Waals surface area contributed by atoms with Gasteiger partial charge in [-0.2, -0.15) is 18.4 Å². The number of aromatic nitrogens is 3. The number of carboxylic acid groups (broad SMARTS) is 1. The molecule has 3 heterocycles. The van der Waals surface area contributed by atoms with E-state index in [1.165, 1.54) is 16.8 Å². The summed E-state index contributed by atoms with van der Waals surface area (Å²) in [4.78, 5) is 25.3. The van der Waals surface area contributed by atoms with Crippen molar-refractivity contribution in [3.8, 4) is 6.07 Å². The second-order valence-electron chi connectivity index (χ2n) is 6.47. The van der Waals surface area contributed by atoms with Crippen LogP contribution in [0.4, 0.5) is 13.2 Å². The highest BCUT2D eigenvalue weighted by Gasteiger charge is 2.38. The molecular formula is C17H20F3N5O4. The molecule has 29 heavy (non-hydrogen) atoms. The van der Waals surface area contributed by atoms with Crippen LogP contribution < -0.4 is 10.9 Å². The van der Waals surface area contributed by atoms with Crippen LogP contribution in [0.25, 0.3) is 5.65 Å². The Hall–Kier alpha value is -2.91. The van der Waals surface area contributed by atoms with Crippen LogP contribution in [0.2, 0.25) is 0 Å². The molecule has 0 amide bonds. The first-order valence-corrected chi connectivity index (χ1v) is 8.75. The van der Waals surface area contributed by atoms with Gasteiger partial charge in [-0.1, -0.05) is 0 Å². The Morgan fingerprint density at radius 2 is 2.14 bits per heavy atom. The predicted octanol–water partition coefficient (Wildman–Crippen LogP) is 1.43. The van der Waals surface area contributed by atoms with Crippen molar-refractivity contribution in [3.63, 3.8) is 0 Å². The average molecular weight is 415 g/mol. The highest BCUT2D eigenvalue weighted by molar-refractivity contribution is 5.73. The SMILES string of the molecule is CC(NCc1cc(=O)n2[nH]cc(C#N)c2n1)C1CCOCC1.O=C(O)C(F)(F)F. The number of ether oxygens (including phenoxy) is 1. The summed E-state index contributed by atoms with van der Waals surface area (Å²) in [6, 6.07) is 3.87. The second-order valence-corrected chi connectivity index (χ2v) is 6.47. The fourth-order valence-electron chi connectivity index (χ4n) is 2.85. The first kappa shape index (κ1) is 22.4. The zero-order chi connectivity index (χ0) is 21.6. The number of fused-ring (bicyclic) bond motifs is 1. The van der Waals surface area contributed by atoms with Gasteiger partial charge in [-0.15, -0.1) is 0 Å². The lowest BCUT2D eigenvalue weighted by molar-refractivity contribution is -0.192. The summed E-state index contributed by atoms with van der Waals surface area (Å²) in [6.07, 6.45) is -1.48. The van der Waals surface area contributed by atoms with Crippen LogP contribution in [0.5, 0.6) is 0 Å². The molecule has 1 aliphatic heterocycles. The maximum atomic E-state index is 12.0. The minimum absolute atomic E-state index is 0.206. The predicted molar refractivity (Wildman–Crippen MR) is 94.1 cm³/mol. The zero-order valence-electron chi connectivity index (χ0n) is 15.5. The number of aliphatic carboxylic acids is 1. The highest BCUT2D eigenvalue weighted by Crippen LogP contribution is 2.18. The fourth-order valence-corrected chi connectivity index (χ4v) is 2.85. The van der Waals surface area contributed by atoms with Gasteiger partial charge >= 0.3 is 12.1 Å². The molecule has 2 aromatic heterocycles. The molecule has 158 valence electrons. The van der Waals surface area contributed by atoms with Gasteiger partial charge in [-0.25, -0.2) is 14.3 Å². The van der Waals surface area contributed by atoms with Crippen molar-refractivity contribution in [3.05, 3.63) is 33.9 Å². The molecule has 0 saturated carbocycles. The monoisotopic (exact) mass is 415 g/mol. The molecule has 1 aliphatic rings. The number of rotatable bonds is 4. The minimum Gasteiger partial charge on any atom is -0.475 e. The number of nitrogens with zero attached hydrogens (tertiary/aromatic N) is 3. The van der Waals surface area contributed by atoms with E-state index in [4.69, 9.17) is 19.9 Å². The lowest BCUT2D eigenvalue weighted by atomic mass is 9.93. The van der Waals surface area contributed by atoms with Crippen LogP contribution in [0.15, 0.2) is 17.1 Å².